The number of amides is 1. The maximum absolute atomic E-state index is 12.4. The number of ether oxygens (including phenoxy) is 1. The highest BCUT2D eigenvalue weighted by Gasteiger charge is 2.32. The van der Waals surface area contributed by atoms with Gasteiger partial charge < -0.3 is 10.1 Å². The van der Waals surface area contributed by atoms with Crippen molar-refractivity contribution in [1.82, 2.24) is 10.3 Å². The molecule has 1 amide bonds. The molecule has 0 spiro atoms. The van der Waals surface area contributed by atoms with Gasteiger partial charge in [-0.05, 0) is 31.2 Å². The molecule has 2 rings (SSSR count). The molecule has 116 valence electrons. The van der Waals surface area contributed by atoms with Crippen molar-refractivity contribution in [2.75, 3.05) is 6.54 Å². The van der Waals surface area contributed by atoms with E-state index in [9.17, 15) is 18.0 Å². The third-order valence-electron chi connectivity index (χ3n) is 2.75. The minimum atomic E-state index is -4.80. The largest absolute Gasteiger partial charge is 0.573 e. The van der Waals surface area contributed by atoms with E-state index in [0.29, 0.717) is 12.1 Å². The average Bonchev–Trinajstić information content (AvgIpc) is 2.46. The summed E-state index contributed by atoms with van der Waals surface area (Å²) < 4.78 is 41.3. The number of hydrogen-bond acceptors (Lipinski definition) is 3. The van der Waals surface area contributed by atoms with Crippen LogP contribution < -0.4 is 10.1 Å². The first-order valence-electron chi connectivity index (χ1n) is 6.50. The van der Waals surface area contributed by atoms with Crippen molar-refractivity contribution >= 4 is 5.91 Å². The van der Waals surface area contributed by atoms with E-state index in [1.165, 1.54) is 36.5 Å². The highest BCUT2D eigenvalue weighted by Crippen LogP contribution is 2.32. The predicted molar refractivity (Wildman–Crippen MR) is 74.4 cm³/mol. The Morgan fingerprint density at radius 3 is 2.68 bits per heavy atom. The maximum Gasteiger partial charge on any atom is 0.573 e. The minimum absolute atomic E-state index is 0.158. The summed E-state index contributed by atoms with van der Waals surface area (Å²) >= 11 is 0. The van der Waals surface area contributed by atoms with E-state index < -0.39 is 6.36 Å². The monoisotopic (exact) mass is 310 g/mol. The molecule has 0 aliphatic carbocycles. The molecule has 0 aliphatic heterocycles. The van der Waals surface area contributed by atoms with Crippen LogP contribution in [0.15, 0.2) is 42.6 Å². The second-order valence-electron chi connectivity index (χ2n) is 4.33. The van der Waals surface area contributed by atoms with Crippen LogP contribution in [0.5, 0.6) is 5.75 Å². The Morgan fingerprint density at radius 2 is 2.00 bits per heavy atom. The Kier molecular flexibility index (Phi) is 4.65. The van der Waals surface area contributed by atoms with Crippen LogP contribution in [0.1, 0.15) is 17.3 Å². The normalized spacial score (nSPS) is 11.1. The van der Waals surface area contributed by atoms with Crippen molar-refractivity contribution in [2.45, 2.75) is 13.3 Å². The zero-order valence-corrected chi connectivity index (χ0v) is 11.6. The molecule has 0 atom stereocenters. The zero-order chi connectivity index (χ0) is 16.2. The van der Waals surface area contributed by atoms with Gasteiger partial charge in [0.1, 0.15) is 5.75 Å². The molecule has 0 unspecified atom stereocenters. The molecule has 1 aromatic heterocycles. The van der Waals surface area contributed by atoms with Crippen LogP contribution in [0.4, 0.5) is 13.2 Å². The quantitative estimate of drug-likeness (QED) is 0.941. The number of hydrogen-bond donors (Lipinski definition) is 1. The van der Waals surface area contributed by atoms with E-state index >= 15 is 0 Å². The number of para-hydroxylation sites is 1. The molecule has 0 aliphatic rings. The van der Waals surface area contributed by atoms with Crippen molar-refractivity contribution in [3.05, 3.63) is 48.2 Å². The number of nitrogens with zero attached hydrogens (tertiary/aromatic N) is 1. The molecule has 0 saturated carbocycles. The smallest absolute Gasteiger partial charge is 0.405 e. The molecular formula is C15H13F3N2O2. The van der Waals surface area contributed by atoms with E-state index in [4.69, 9.17) is 0 Å². The molecule has 0 radical (unpaired) electrons. The number of nitrogens with one attached hydrogen (secondary N) is 1. The highest BCUT2D eigenvalue weighted by molar-refractivity contribution is 5.95. The first-order valence-corrected chi connectivity index (χ1v) is 6.50. The van der Waals surface area contributed by atoms with Crippen molar-refractivity contribution in [3.8, 4) is 17.0 Å². The summed E-state index contributed by atoms with van der Waals surface area (Å²) in [5.41, 5.74) is 0.697. The second-order valence-corrected chi connectivity index (χ2v) is 4.33. The summed E-state index contributed by atoms with van der Waals surface area (Å²) in [6, 6.07) is 8.55. The van der Waals surface area contributed by atoms with Crippen molar-refractivity contribution in [1.29, 1.82) is 0 Å². The maximum atomic E-state index is 12.4. The van der Waals surface area contributed by atoms with Gasteiger partial charge in [-0.3, -0.25) is 9.78 Å². The van der Waals surface area contributed by atoms with E-state index in [1.807, 2.05) is 0 Å². The van der Waals surface area contributed by atoms with Gasteiger partial charge in [-0.1, -0.05) is 12.1 Å². The van der Waals surface area contributed by atoms with Gasteiger partial charge in [-0.25, -0.2) is 0 Å². The Hall–Kier alpha value is -2.57. The molecular weight excluding hydrogens is 297 g/mol. The van der Waals surface area contributed by atoms with Crippen LogP contribution in [0.25, 0.3) is 11.3 Å². The van der Waals surface area contributed by atoms with Gasteiger partial charge in [0.25, 0.3) is 5.91 Å². The van der Waals surface area contributed by atoms with Gasteiger partial charge in [0.05, 0.1) is 5.69 Å². The lowest BCUT2D eigenvalue weighted by Crippen LogP contribution is -2.22. The van der Waals surface area contributed by atoms with E-state index in [0.717, 1.165) is 0 Å². The Balaban J connectivity index is 2.40. The number of benzene rings is 1. The zero-order valence-electron chi connectivity index (χ0n) is 11.6. The summed E-state index contributed by atoms with van der Waals surface area (Å²) in [4.78, 5) is 15.8. The molecule has 0 bridgehead atoms. The lowest BCUT2D eigenvalue weighted by Gasteiger charge is -2.13. The molecule has 7 heteroatoms. The van der Waals surface area contributed by atoms with Crippen molar-refractivity contribution in [2.24, 2.45) is 0 Å². The molecule has 2 aromatic rings. The Morgan fingerprint density at radius 1 is 1.27 bits per heavy atom. The average molecular weight is 310 g/mol. The van der Waals surface area contributed by atoms with Crippen LogP contribution in [-0.2, 0) is 0 Å². The molecule has 1 heterocycles. The molecule has 4 nitrogen and oxygen atoms in total. The first-order chi connectivity index (χ1) is 10.4. The topological polar surface area (TPSA) is 51.2 Å². The van der Waals surface area contributed by atoms with Gasteiger partial charge in [0.15, 0.2) is 0 Å². The number of carbonyl (C=O) groups is 1. The number of halogens is 3. The lowest BCUT2D eigenvalue weighted by molar-refractivity contribution is -0.274. The number of carbonyl (C=O) groups excluding carboxylic acids is 1. The second kappa shape index (κ2) is 6.46. The summed E-state index contributed by atoms with van der Waals surface area (Å²) in [5.74, 6) is -0.684. The van der Waals surface area contributed by atoms with E-state index in [2.05, 4.69) is 15.0 Å². The predicted octanol–water partition coefficient (Wildman–Crippen LogP) is 3.40. The molecule has 1 aromatic carbocycles. The van der Waals surface area contributed by atoms with Gasteiger partial charge in [-0.2, -0.15) is 0 Å². The van der Waals surface area contributed by atoms with Crippen molar-refractivity contribution in [3.63, 3.8) is 0 Å². The van der Waals surface area contributed by atoms with E-state index in [1.54, 1.807) is 13.0 Å². The molecule has 1 N–H and O–H groups in total. The first kappa shape index (κ1) is 15.8. The van der Waals surface area contributed by atoms with Crippen LogP contribution in [0, 0.1) is 0 Å². The van der Waals surface area contributed by atoms with Crippen LogP contribution in [0.3, 0.4) is 0 Å². The Labute approximate surface area is 124 Å². The van der Waals surface area contributed by atoms with Gasteiger partial charge >= 0.3 is 6.36 Å². The van der Waals surface area contributed by atoms with Crippen LogP contribution in [-0.4, -0.2) is 23.8 Å². The van der Waals surface area contributed by atoms with Crippen LogP contribution in [0.2, 0.25) is 0 Å². The lowest BCUT2D eigenvalue weighted by atomic mass is 10.1. The number of aromatic nitrogens is 1. The summed E-state index contributed by atoms with van der Waals surface area (Å²) in [5, 5.41) is 2.62. The third-order valence-corrected chi connectivity index (χ3v) is 2.75. The summed E-state index contributed by atoms with van der Waals surface area (Å²) in [7, 11) is 0. The van der Waals surface area contributed by atoms with Crippen molar-refractivity contribution < 1.29 is 22.7 Å². The van der Waals surface area contributed by atoms with E-state index in [-0.39, 0.29) is 22.9 Å². The minimum Gasteiger partial charge on any atom is -0.405 e. The summed E-state index contributed by atoms with van der Waals surface area (Å²) in [6.07, 6.45) is -3.43. The molecule has 0 fully saturated rings. The van der Waals surface area contributed by atoms with Gasteiger partial charge in [0.2, 0.25) is 0 Å². The Bertz CT molecular complexity index is 672. The number of pyridine rings is 1. The fraction of sp³-hybridized carbons (Fsp3) is 0.200. The molecule has 22 heavy (non-hydrogen) atoms. The number of alkyl halides is 3. The standard InChI is InChI=1S/C15H13F3N2O2/c1-2-19-14(21)10-7-8-20-12(9-10)11-5-3-4-6-13(11)22-15(16,17)18/h3-9H,2H2,1H3,(H,19,21). The fourth-order valence-corrected chi connectivity index (χ4v) is 1.87. The molecule has 0 saturated heterocycles. The van der Waals surface area contributed by atoms with Gasteiger partial charge in [0, 0.05) is 23.9 Å². The summed E-state index contributed by atoms with van der Waals surface area (Å²) in [6.45, 7) is 2.22. The van der Waals surface area contributed by atoms with Gasteiger partial charge in [-0.15, -0.1) is 13.2 Å². The third kappa shape index (κ3) is 3.97. The van der Waals surface area contributed by atoms with Crippen LogP contribution >= 0.6 is 0 Å². The highest BCUT2D eigenvalue weighted by atomic mass is 19.4. The number of rotatable bonds is 4. The fourth-order valence-electron chi connectivity index (χ4n) is 1.87. The SMILES string of the molecule is CCNC(=O)c1ccnc(-c2ccccc2OC(F)(F)F)c1.